The highest BCUT2D eigenvalue weighted by Crippen LogP contribution is 2.34. The smallest absolute Gasteiger partial charge is 0.246 e. The lowest BCUT2D eigenvalue weighted by Gasteiger charge is -2.35. The molecule has 16 heteroatoms. The van der Waals surface area contributed by atoms with E-state index in [9.17, 15) is 24.6 Å². The lowest BCUT2D eigenvalue weighted by atomic mass is 9.85. The number of aromatic nitrogens is 5. The molecule has 15 nitrogen and oxygen atoms in total. The number of carbonyl (C=O) groups excluding carboxylic acids is 3. The fourth-order valence-corrected chi connectivity index (χ4v) is 10.2. The zero-order valence-electron chi connectivity index (χ0n) is 39.2. The number of rotatable bonds is 19. The lowest BCUT2D eigenvalue weighted by Crippen LogP contribution is -2.57. The van der Waals surface area contributed by atoms with Gasteiger partial charge in [0.05, 0.1) is 45.5 Å². The van der Waals surface area contributed by atoms with E-state index in [4.69, 9.17) is 5.73 Å². The number of hydrogen-bond donors (Lipinski definition) is 5. The fraction of sp³-hybridized carbons (Fsp3) is 0.540. The van der Waals surface area contributed by atoms with Crippen LogP contribution in [0.2, 0.25) is 0 Å². The van der Waals surface area contributed by atoms with E-state index in [1.807, 2.05) is 87.3 Å². The molecule has 0 saturated carbocycles. The molecule has 3 aromatic heterocycles. The maximum Gasteiger partial charge on any atom is 0.246 e. The molecule has 66 heavy (non-hydrogen) atoms. The SMILES string of the molecule is Cc1ncsc1-c1ccc(C(C)NC(=O)[C@@H]2C[C@@H](O)CN2C(=O)C(NC(=O)CCCCCCCCCCN2CCC(n3nc(N)c4nnc(-c5ccccc5O)cc43)CC2)C(C)(C)C)cc1. The maximum atomic E-state index is 14.1. The zero-order chi connectivity index (χ0) is 47.0. The zero-order valence-corrected chi connectivity index (χ0v) is 40.0. The molecule has 4 atom stereocenters. The molecule has 0 bridgehead atoms. The molecular weight excluding hydrogens is 853 g/mol. The minimum Gasteiger partial charge on any atom is -0.507 e. The number of aliphatic hydroxyl groups excluding tert-OH is 1. The van der Waals surface area contributed by atoms with E-state index >= 15 is 0 Å². The van der Waals surface area contributed by atoms with Crippen molar-refractivity contribution < 1.29 is 24.6 Å². The number of anilines is 1. The lowest BCUT2D eigenvalue weighted by molar-refractivity contribution is -0.144. The molecule has 0 aliphatic carbocycles. The topological polar surface area (TPSA) is 205 Å². The Morgan fingerprint density at radius 3 is 2.27 bits per heavy atom. The van der Waals surface area contributed by atoms with Gasteiger partial charge in [-0.05, 0) is 80.8 Å². The van der Waals surface area contributed by atoms with Gasteiger partial charge in [0, 0.05) is 38.0 Å². The number of unbranched alkanes of at least 4 members (excludes halogenated alkanes) is 7. The molecule has 2 fully saturated rings. The van der Waals surface area contributed by atoms with Crippen LogP contribution in [0.25, 0.3) is 32.7 Å². The summed E-state index contributed by atoms with van der Waals surface area (Å²) in [5.74, 6) is -0.313. The van der Waals surface area contributed by atoms with Crippen molar-refractivity contribution in [2.24, 2.45) is 5.41 Å². The third kappa shape index (κ3) is 11.9. The Morgan fingerprint density at radius 1 is 0.924 bits per heavy atom. The fourth-order valence-electron chi connectivity index (χ4n) is 9.37. The van der Waals surface area contributed by atoms with Crippen molar-refractivity contribution in [3.05, 3.63) is 71.4 Å². The summed E-state index contributed by atoms with van der Waals surface area (Å²) in [5, 5.41) is 40.4. The van der Waals surface area contributed by atoms with E-state index in [0.29, 0.717) is 29.0 Å². The van der Waals surface area contributed by atoms with E-state index < -0.39 is 23.6 Å². The largest absolute Gasteiger partial charge is 0.507 e. The van der Waals surface area contributed by atoms with Crippen LogP contribution in [-0.4, -0.2) is 107 Å². The molecule has 2 unspecified atom stereocenters. The number of phenolic OH excluding ortho intramolecular Hbond substituents is 1. The van der Waals surface area contributed by atoms with Gasteiger partial charge < -0.3 is 36.4 Å². The molecule has 5 heterocycles. The summed E-state index contributed by atoms with van der Waals surface area (Å²) in [7, 11) is 0. The van der Waals surface area contributed by atoms with Crippen molar-refractivity contribution in [3.63, 3.8) is 0 Å². The van der Waals surface area contributed by atoms with Crippen molar-refractivity contribution >= 4 is 45.9 Å². The van der Waals surface area contributed by atoms with Gasteiger partial charge in [-0.3, -0.25) is 19.1 Å². The van der Waals surface area contributed by atoms with Gasteiger partial charge in [0.25, 0.3) is 0 Å². The van der Waals surface area contributed by atoms with Gasteiger partial charge in [0.15, 0.2) is 11.3 Å². The van der Waals surface area contributed by atoms with Crippen LogP contribution in [0.5, 0.6) is 5.75 Å². The maximum absolute atomic E-state index is 14.1. The van der Waals surface area contributed by atoms with Crippen LogP contribution in [0, 0.1) is 12.3 Å². The average molecular weight is 921 g/mol. The van der Waals surface area contributed by atoms with Crippen LogP contribution in [0.3, 0.4) is 0 Å². The number of aromatic hydroxyl groups is 1. The second-order valence-corrected chi connectivity index (χ2v) is 20.2. The van der Waals surface area contributed by atoms with Gasteiger partial charge in [0.1, 0.15) is 17.8 Å². The number of β-amino-alcohol motifs (C(OH)–C–C–N with tert-alkyl or cyclic N) is 1. The van der Waals surface area contributed by atoms with Gasteiger partial charge in [-0.15, -0.1) is 21.5 Å². The Hall–Kier alpha value is -5.45. The summed E-state index contributed by atoms with van der Waals surface area (Å²) in [5.41, 5.74) is 13.1. The molecule has 2 aromatic carbocycles. The number of aliphatic hydroxyl groups is 1. The quantitative estimate of drug-likeness (QED) is 0.0507. The number of amides is 3. The molecule has 3 amide bonds. The Kier molecular flexibility index (Phi) is 16.1. The predicted octanol–water partition coefficient (Wildman–Crippen LogP) is 7.73. The van der Waals surface area contributed by atoms with Crippen LogP contribution in [0.1, 0.15) is 128 Å². The number of nitrogens with two attached hydrogens (primary N) is 1. The Labute approximate surface area is 392 Å². The van der Waals surface area contributed by atoms with Crippen LogP contribution in [-0.2, 0) is 14.4 Å². The highest BCUT2D eigenvalue weighted by molar-refractivity contribution is 7.13. The summed E-state index contributed by atoms with van der Waals surface area (Å²) in [6, 6.07) is 15.3. The van der Waals surface area contributed by atoms with Gasteiger partial charge in [0.2, 0.25) is 17.7 Å². The molecule has 5 aromatic rings. The number of likely N-dealkylation sites (tertiary alicyclic amines) is 2. The monoisotopic (exact) mass is 921 g/mol. The standard InChI is InChI=1S/C50H68N10O5S/c1-32(34-19-21-35(22-20-34)45-33(2)52-31-66-45)53-48(64)41-28-37(61)30-59(41)49(65)46(50(3,4)5)54-43(63)18-12-10-8-6-7-9-11-15-25-58-26-23-36(24-27-58)60-40-29-39(38-16-13-14-17-42(38)62)55-56-44(40)47(51)57-60/h13-14,16-17,19-22,29,31-32,36-37,41,46,61-62H,6-12,15,18,23-28,30H2,1-5H3,(H2,51,57)(H,53,64)(H,54,63)/t32?,37-,41+,46?/m1/s1. The Morgan fingerprint density at radius 2 is 1.61 bits per heavy atom. The molecule has 7 rings (SSSR count). The van der Waals surface area contributed by atoms with Crippen LogP contribution in [0.4, 0.5) is 5.82 Å². The first-order chi connectivity index (χ1) is 31.7. The summed E-state index contributed by atoms with van der Waals surface area (Å²) in [4.78, 5) is 50.4. The first-order valence-electron chi connectivity index (χ1n) is 23.8. The summed E-state index contributed by atoms with van der Waals surface area (Å²) in [6.07, 6.45) is 10.2. The third-order valence-corrected chi connectivity index (χ3v) is 14.2. The first kappa shape index (κ1) is 48.5. The number of nitrogens with zero attached hydrogens (tertiary/aromatic N) is 7. The van der Waals surface area contributed by atoms with E-state index in [2.05, 4.69) is 35.8 Å². The van der Waals surface area contributed by atoms with Crippen LogP contribution >= 0.6 is 11.3 Å². The number of carbonyl (C=O) groups is 3. The number of nitrogen functional groups attached to an aromatic ring is 1. The number of aryl methyl sites for hydroxylation is 1. The number of benzene rings is 2. The number of thiazole rings is 1. The number of hydrogen-bond acceptors (Lipinski definition) is 12. The summed E-state index contributed by atoms with van der Waals surface area (Å²) in [6.45, 7) is 12.7. The van der Waals surface area contributed by atoms with Gasteiger partial charge in [-0.25, -0.2) is 4.98 Å². The number of piperidine rings is 1. The second kappa shape index (κ2) is 21.9. The highest BCUT2D eigenvalue weighted by Gasteiger charge is 2.44. The van der Waals surface area contributed by atoms with Gasteiger partial charge in [-0.1, -0.05) is 95.7 Å². The molecule has 6 N–H and O–H groups in total. The Bertz CT molecular complexity index is 2420. The molecule has 354 valence electrons. The second-order valence-electron chi connectivity index (χ2n) is 19.3. The molecule has 0 spiro atoms. The minimum absolute atomic E-state index is 0.0396. The number of phenols is 1. The van der Waals surface area contributed by atoms with Crippen LogP contribution in [0.15, 0.2) is 60.1 Å². The van der Waals surface area contributed by atoms with Crippen molar-refractivity contribution in [3.8, 4) is 27.4 Å². The minimum atomic E-state index is -0.839. The normalized spacial score (nSPS) is 18.1. The molecule has 0 radical (unpaired) electrons. The number of fused-ring (bicyclic) bond motifs is 1. The van der Waals surface area contributed by atoms with E-state index in [0.717, 1.165) is 85.4 Å². The highest BCUT2D eigenvalue weighted by atomic mass is 32.1. The van der Waals surface area contributed by atoms with E-state index in [-0.39, 0.29) is 48.5 Å². The van der Waals surface area contributed by atoms with Crippen molar-refractivity contribution in [1.82, 2.24) is 45.4 Å². The molecule has 2 aliphatic heterocycles. The van der Waals surface area contributed by atoms with Gasteiger partial charge in [-0.2, -0.15) is 5.10 Å². The molecule has 2 saturated heterocycles. The van der Waals surface area contributed by atoms with Crippen molar-refractivity contribution in [1.29, 1.82) is 0 Å². The third-order valence-electron chi connectivity index (χ3n) is 13.3. The summed E-state index contributed by atoms with van der Waals surface area (Å²) >= 11 is 1.59. The first-order valence-corrected chi connectivity index (χ1v) is 24.7. The van der Waals surface area contributed by atoms with Crippen molar-refractivity contribution in [2.45, 2.75) is 142 Å². The molecule has 2 aliphatic rings. The molecular formula is C50H68N10O5S. The van der Waals surface area contributed by atoms with Crippen molar-refractivity contribution in [2.75, 3.05) is 31.9 Å². The van der Waals surface area contributed by atoms with E-state index in [1.54, 1.807) is 23.5 Å². The number of nitrogens with one attached hydrogen (secondary N) is 2. The van der Waals surface area contributed by atoms with Gasteiger partial charge >= 0.3 is 0 Å². The average Bonchev–Trinajstić information content (AvgIpc) is 4.01. The summed E-state index contributed by atoms with van der Waals surface area (Å²) < 4.78 is 2.01. The van der Waals surface area contributed by atoms with E-state index in [1.165, 1.54) is 30.6 Å². The predicted molar refractivity (Wildman–Crippen MR) is 259 cm³/mol. The number of para-hydroxylation sites is 1. The Balaban J connectivity index is 0.774. The van der Waals surface area contributed by atoms with Crippen LogP contribution < -0.4 is 16.4 Å².